The Kier molecular flexibility index (Phi) is 9.30. The zero-order valence-electron chi connectivity index (χ0n) is 11.9. The molecule has 1 rings (SSSR count). The molecular weight excluding hydrogens is 262 g/mol. The topological polar surface area (TPSA) is 61.5 Å². The van der Waals surface area contributed by atoms with E-state index in [0.29, 0.717) is 6.42 Å². The number of hydrogen-bond donors (Lipinski definition) is 1. The molecule has 1 heterocycles. The number of esters is 1. The molecule has 1 saturated heterocycles. The van der Waals surface area contributed by atoms with Crippen LogP contribution in [0.5, 0.6) is 0 Å². The van der Waals surface area contributed by atoms with Gasteiger partial charge in [0.25, 0.3) is 0 Å². The second-order valence-corrected chi connectivity index (χ2v) is 6.31. The minimum Gasteiger partial charge on any atom is -0.468 e. The standard InChI is InChI=1S/C14H27NO3S/c1-17-14(16)13(15)7-11-19-10-3-2-4-12-5-8-18-9-6-12/h12-13H,2-11,15H2,1H3. The van der Waals surface area contributed by atoms with E-state index in [0.717, 1.165) is 30.6 Å². The number of thioether (sulfide) groups is 1. The van der Waals surface area contributed by atoms with Crippen molar-refractivity contribution >= 4 is 17.7 Å². The monoisotopic (exact) mass is 289 g/mol. The molecule has 1 aliphatic rings. The predicted octanol–water partition coefficient (Wildman–Crippen LogP) is 2.21. The molecule has 0 radical (unpaired) electrons. The molecule has 0 bridgehead atoms. The van der Waals surface area contributed by atoms with Crippen LogP contribution in [-0.2, 0) is 14.3 Å². The van der Waals surface area contributed by atoms with Gasteiger partial charge in [0.2, 0.25) is 0 Å². The first kappa shape index (κ1) is 16.8. The lowest BCUT2D eigenvalue weighted by Gasteiger charge is -2.21. The van der Waals surface area contributed by atoms with Crippen molar-refractivity contribution in [1.82, 2.24) is 0 Å². The van der Waals surface area contributed by atoms with Crippen LogP contribution in [0.25, 0.3) is 0 Å². The van der Waals surface area contributed by atoms with Gasteiger partial charge in [-0.2, -0.15) is 11.8 Å². The van der Waals surface area contributed by atoms with Crippen molar-refractivity contribution in [3.63, 3.8) is 0 Å². The molecular formula is C14H27NO3S. The minimum atomic E-state index is -0.459. The van der Waals surface area contributed by atoms with Crippen LogP contribution in [0.4, 0.5) is 0 Å². The first-order valence-electron chi connectivity index (χ1n) is 7.23. The van der Waals surface area contributed by atoms with Crippen LogP contribution >= 0.6 is 11.8 Å². The summed E-state index contributed by atoms with van der Waals surface area (Å²) in [5.41, 5.74) is 5.67. The average Bonchev–Trinajstić information content (AvgIpc) is 2.46. The Morgan fingerprint density at radius 2 is 2.11 bits per heavy atom. The highest BCUT2D eigenvalue weighted by Gasteiger charge is 2.14. The molecule has 0 saturated carbocycles. The molecule has 19 heavy (non-hydrogen) atoms. The van der Waals surface area contributed by atoms with Crippen LogP contribution in [0, 0.1) is 5.92 Å². The van der Waals surface area contributed by atoms with Gasteiger partial charge >= 0.3 is 5.97 Å². The number of nitrogens with two attached hydrogens (primary N) is 1. The molecule has 0 aromatic heterocycles. The van der Waals surface area contributed by atoms with Gasteiger partial charge < -0.3 is 15.2 Å². The predicted molar refractivity (Wildman–Crippen MR) is 79.3 cm³/mol. The summed E-state index contributed by atoms with van der Waals surface area (Å²) < 4.78 is 9.95. The zero-order valence-corrected chi connectivity index (χ0v) is 12.8. The van der Waals surface area contributed by atoms with Crippen molar-refractivity contribution < 1.29 is 14.3 Å². The Morgan fingerprint density at radius 1 is 1.37 bits per heavy atom. The number of carbonyl (C=O) groups is 1. The molecule has 1 aliphatic heterocycles. The van der Waals surface area contributed by atoms with E-state index in [1.165, 1.54) is 39.2 Å². The molecule has 5 heteroatoms. The molecule has 0 aliphatic carbocycles. The largest absolute Gasteiger partial charge is 0.468 e. The van der Waals surface area contributed by atoms with Crippen LogP contribution in [0.1, 0.15) is 38.5 Å². The zero-order chi connectivity index (χ0) is 13.9. The van der Waals surface area contributed by atoms with Gasteiger partial charge in [-0.05, 0) is 43.1 Å². The fraction of sp³-hybridized carbons (Fsp3) is 0.929. The number of unbranched alkanes of at least 4 members (excludes halogenated alkanes) is 1. The molecule has 0 spiro atoms. The number of methoxy groups -OCH3 is 1. The smallest absolute Gasteiger partial charge is 0.322 e. The van der Waals surface area contributed by atoms with Crippen molar-refractivity contribution in [3.05, 3.63) is 0 Å². The first-order valence-corrected chi connectivity index (χ1v) is 8.38. The molecule has 0 aromatic rings. The fourth-order valence-electron chi connectivity index (χ4n) is 2.25. The molecule has 2 N–H and O–H groups in total. The van der Waals surface area contributed by atoms with Gasteiger partial charge in [0.1, 0.15) is 6.04 Å². The minimum absolute atomic E-state index is 0.305. The Morgan fingerprint density at radius 3 is 2.79 bits per heavy atom. The Labute approximate surface area is 120 Å². The van der Waals surface area contributed by atoms with Gasteiger partial charge in [-0.15, -0.1) is 0 Å². The van der Waals surface area contributed by atoms with Crippen LogP contribution in [0.15, 0.2) is 0 Å². The number of rotatable bonds is 9. The summed E-state index contributed by atoms with van der Waals surface area (Å²) >= 11 is 1.88. The highest BCUT2D eigenvalue weighted by Crippen LogP contribution is 2.21. The molecule has 1 atom stereocenters. The van der Waals surface area contributed by atoms with Crippen molar-refractivity contribution in [3.8, 4) is 0 Å². The molecule has 0 amide bonds. The SMILES string of the molecule is COC(=O)C(N)CCSCCCCC1CCOCC1. The lowest BCUT2D eigenvalue weighted by molar-refractivity contribution is -0.142. The van der Waals surface area contributed by atoms with Crippen LogP contribution in [0.2, 0.25) is 0 Å². The lowest BCUT2D eigenvalue weighted by atomic mass is 9.94. The molecule has 1 fully saturated rings. The number of carbonyl (C=O) groups excluding carboxylic acids is 1. The summed E-state index contributed by atoms with van der Waals surface area (Å²) in [5, 5.41) is 0. The first-order chi connectivity index (χ1) is 9.24. The fourth-order valence-corrected chi connectivity index (χ4v) is 3.29. The van der Waals surface area contributed by atoms with Gasteiger partial charge in [-0.3, -0.25) is 4.79 Å². The highest BCUT2D eigenvalue weighted by atomic mass is 32.2. The van der Waals surface area contributed by atoms with E-state index in [9.17, 15) is 4.79 Å². The Hall–Kier alpha value is -0.260. The van der Waals surface area contributed by atoms with Crippen LogP contribution in [-0.4, -0.2) is 43.8 Å². The summed E-state index contributed by atoms with van der Waals surface area (Å²) in [5.74, 6) is 2.68. The molecule has 1 unspecified atom stereocenters. The maximum Gasteiger partial charge on any atom is 0.322 e. The maximum absolute atomic E-state index is 11.1. The summed E-state index contributed by atoms with van der Waals surface area (Å²) in [7, 11) is 1.38. The average molecular weight is 289 g/mol. The summed E-state index contributed by atoms with van der Waals surface area (Å²) in [4.78, 5) is 11.1. The summed E-state index contributed by atoms with van der Waals surface area (Å²) in [6.07, 6.45) is 7.08. The van der Waals surface area contributed by atoms with E-state index in [1.807, 2.05) is 11.8 Å². The van der Waals surface area contributed by atoms with Gasteiger partial charge in [0.05, 0.1) is 7.11 Å². The van der Waals surface area contributed by atoms with E-state index >= 15 is 0 Å². The summed E-state index contributed by atoms with van der Waals surface area (Å²) in [6.45, 7) is 1.90. The molecule has 4 nitrogen and oxygen atoms in total. The third-order valence-electron chi connectivity index (χ3n) is 3.57. The number of hydrogen-bond acceptors (Lipinski definition) is 5. The van der Waals surface area contributed by atoms with E-state index in [2.05, 4.69) is 4.74 Å². The third kappa shape index (κ3) is 7.80. The maximum atomic E-state index is 11.1. The van der Waals surface area contributed by atoms with Crippen LogP contribution < -0.4 is 5.73 Å². The van der Waals surface area contributed by atoms with E-state index < -0.39 is 6.04 Å². The van der Waals surface area contributed by atoms with Crippen molar-refractivity contribution in [2.24, 2.45) is 11.7 Å². The normalized spacial score (nSPS) is 18.2. The van der Waals surface area contributed by atoms with Gasteiger partial charge in [0.15, 0.2) is 0 Å². The second-order valence-electron chi connectivity index (χ2n) is 5.08. The van der Waals surface area contributed by atoms with E-state index in [-0.39, 0.29) is 5.97 Å². The van der Waals surface area contributed by atoms with Crippen molar-refractivity contribution in [2.75, 3.05) is 31.8 Å². The Balaban J connectivity index is 1.86. The number of ether oxygens (including phenoxy) is 2. The van der Waals surface area contributed by atoms with Gasteiger partial charge in [0, 0.05) is 13.2 Å². The van der Waals surface area contributed by atoms with Gasteiger partial charge in [-0.25, -0.2) is 0 Å². The third-order valence-corrected chi connectivity index (χ3v) is 4.67. The van der Waals surface area contributed by atoms with Crippen LogP contribution in [0.3, 0.4) is 0 Å². The van der Waals surface area contributed by atoms with Crippen molar-refractivity contribution in [1.29, 1.82) is 0 Å². The quantitative estimate of drug-likeness (QED) is 0.521. The van der Waals surface area contributed by atoms with E-state index in [4.69, 9.17) is 10.5 Å². The van der Waals surface area contributed by atoms with Gasteiger partial charge in [-0.1, -0.05) is 12.8 Å². The summed E-state index contributed by atoms with van der Waals surface area (Å²) in [6, 6.07) is -0.459. The lowest BCUT2D eigenvalue weighted by Crippen LogP contribution is -2.32. The van der Waals surface area contributed by atoms with E-state index in [1.54, 1.807) is 0 Å². The highest BCUT2D eigenvalue weighted by molar-refractivity contribution is 7.99. The second kappa shape index (κ2) is 10.5. The Bertz CT molecular complexity index is 245. The molecule has 0 aromatic carbocycles. The van der Waals surface area contributed by atoms with Crippen molar-refractivity contribution in [2.45, 2.75) is 44.6 Å². The molecule has 112 valence electrons.